The van der Waals surface area contributed by atoms with E-state index in [1.165, 1.54) is 24.3 Å². The zero-order valence-electron chi connectivity index (χ0n) is 4.40. The van der Waals surface area contributed by atoms with Gasteiger partial charge in [0.2, 0.25) is 0 Å². The van der Waals surface area contributed by atoms with Crippen molar-refractivity contribution in [2.75, 3.05) is 11.5 Å². The van der Waals surface area contributed by atoms with E-state index in [9.17, 15) is 0 Å². The lowest BCUT2D eigenvalue weighted by molar-refractivity contribution is 0.912. The van der Waals surface area contributed by atoms with Gasteiger partial charge >= 0.3 is 0 Å². The average Bonchev–Trinajstić information content (AvgIpc) is 1.81. The number of rotatable bonds is 5. The first-order valence-electron chi connectivity index (χ1n) is 2.39. The van der Waals surface area contributed by atoms with Gasteiger partial charge in [-0.1, -0.05) is 17.9 Å². The first kappa shape index (κ1) is 10.2. The van der Waals surface area contributed by atoms with Crippen molar-refractivity contribution in [1.82, 2.24) is 0 Å². The third-order valence-electron chi connectivity index (χ3n) is 0.693. The van der Waals surface area contributed by atoms with E-state index in [1.54, 1.807) is 0 Å². The molecular formula is C4H8I2S2. The Hall–Kier alpha value is 2.16. The Morgan fingerprint density at radius 3 is 1.50 bits per heavy atom. The summed E-state index contributed by atoms with van der Waals surface area (Å²) in [6, 6.07) is 0. The molecule has 0 aliphatic carbocycles. The van der Waals surface area contributed by atoms with Gasteiger partial charge in [-0.15, -0.1) is 0 Å². The molecule has 0 radical (unpaired) electrons. The second-order valence-corrected chi connectivity index (χ2v) is 6.32. The van der Waals surface area contributed by atoms with Crippen molar-refractivity contribution >= 4 is 60.3 Å². The third-order valence-corrected chi connectivity index (χ3v) is 4.22. The topological polar surface area (TPSA) is 0 Å². The van der Waals surface area contributed by atoms with E-state index >= 15 is 0 Å². The van der Waals surface area contributed by atoms with E-state index in [-0.39, 0.29) is 0 Å². The number of halogens is 2. The molecule has 0 aliphatic rings. The molecule has 0 N–H and O–H groups in total. The highest BCUT2D eigenvalue weighted by Crippen LogP contribution is 2.16. The fourth-order valence-corrected chi connectivity index (χ4v) is 2.81. The van der Waals surface area contributed by atoms with E-state index in [1.807, 2.05) is 17.9 Å². The smallest absolute Gasteiger partial charge is 0.00337 e. The molecule has 0 spiro atoms. The van der Waals surface area contributed by atoms with Crippen LogP contribution in [0.25, 0.3) is 0 Å². The van der Waals surface area contributed by atoms with Crippen LogP contribution in [0.1, 0.15) is 12.8 Å². The van der Waals surface area contributed by atoms with Crippen molar-refractivity contribution < 1.29 is 0 Å². The lowest BCUT2D eigenvalue weighted by atomic mass is 10.4. The number of hydrogen-bond acceptors (Lipinski definition) is 2. The number of unbranched alkanes of at least 4 members (excludes halogenated alkanes) is 1. The fourth-order valence-electron chi connectivity index (χ4n) is 0.313. The minimum Gasteiger partial charge on any atom is -0.0894 e. The van der Waals surface area contributed by atoms with Gasteiger partial charge in [0, 0.05) is 11.5 Å². The van der Waals surface area contributed by atoms with Crippen LogP contribution in [0.3, 0.4) is 0 Å². The van der Waals surface area contributed by atoms with Crippen LogP contribution >= 0.6 is 60.3 Å². The Morgan fingerprint density at radius 2 is 1.25 bits per heavy atom. The van der Waals surface area contributed by atoms with Crippen LogP contribution in [0.2, 0.25) is 0 Å². The van der Waals surface area contributed by atoms with Crippen LogP contribution in [0, 0.1) is 0 Å². The Bertz CT molecular complexity index is 37.0. The summed E-state index contributed by atoms with van der Waals surface area (Å²) in [7, 11) is 3.82. The monoisotopic (exact) mass is 374 g/mol. The van der Waals surface area contributed by atoms with Crippen molar-refractivity contribution in [3.05, 3.63) is 0 Å². The van der Waals surface area contributed by atoms with E-state index in [4.69, 9.17) is 0 Å². The molecule has 0 aromatic carbocycles. The highest BCUT2D eigenvalue weighted by atomic mass is 127. The molecule has 0 saturated carbocycles. The summed E-state index contributed by atoms with van der Waals surface area (Å²) >= 11 is 4.69. The summed E-state index contributed by atoms with van der Waals surface area (Å²) < 4.78 is 0. The van der Waals surface area contributed by atoms with Gasteiger partial charge < -0.3 is 0 Å². The maximum absolute atomic E-state index is 2.35. The molecule has 0 aliphatic heterocycles. The molecule has 0 amide bonds. The predicted octanol–water partition coefficient (Wildman–Crippen LogP) is 3.93. The lowest BCUT2D eigenvalue weighted by Gasteiger charge is -1.91. The molecule has 0 nitrogen and oxygen atoms in total. The van der Waals surface area contributed by atoms with Crippen molar-refractivity contribution in [3.8, 4) is 0 Å². The quantitative estimate of drug-likeness (QED) is 0.529. The second-order valence-electron chi connectivity index (χ2n) is 1.33. The Balaban J connectivity index is 2.53. The standard InChI is InChI=1S/C4H8I2S2/c5-7-3-1-2-4-8-6/h1-4H2. The van der Waals surface area contributed by atoms with Gasteiger partial charge in [0.25, 0.3) is 0 Å². The Labute approximate surface area is 83.5 Å². The molecular weight excluding hydrogens is 366 g/mol. The van der Waals surface area contributed by atoms with Crippen LogP contribution in [0.15, 0.2) is 0 Å². The van der Waals surface area contributed by atoms with Crippen molar-refractivity contribution in [3.63, 3.8) is 0 Å². The van der Waals surface area contributed by atoms with E-state index in [0.717, 1.165) is 0 Å². The van der Waals surface area contributed by atoms with E-state index in [0.29, 0.717) is 0 Å². The third kappa shape index (κ3) is 8.16. The molecule has 0 heterocycles. The SMILES string of the molecule is ISCCCCSI. The Morgan fingerprint density at radius 1 is 0.875 bits per heavy atom. The first-order valence-corrected chi connectivity index (χ1v) is 9.44. The molecule has 0 saturated heterocycles. The zero-order chi connectivity index (χ0) is 6.24. The number of hydrogen-bond donors (Lipinski definition) is 0. The molecule has 4 heteroatoms. The summed E-state index contributed by atoms with van der Waals surface area (Å²) in [6.07, 6.45) is 2.76. The van der Waals surface area contributed by atoms with E-state index in [2.05, 4.69) is 42.4 Å². The van der Waals surface area contributed by atoms with Crippen LogP contribution < -0.4 is 0 Å². The van der Waals surface area contributed by atoms with E-state index < -0.39 is 0 Å². The summed E-state index contributed by atoms with van der Waals surface area (Å²) in [5.74, 6) is 2.63. The van der Waals surface area contributed by atoms with Gasteiger partial charge in [0.1, 0.15) is 0 Å². The van der Waals surface area contributed by atoms with Crippen LogP contribution in [-0.2, 0) is 0 Å². The van der Waals surface area contributed by atoms with Crippen molar-refractivity contribution in [2.24, 2.45) is 0 Å². The lowest BCUT2D eigenvalue weighted by Crippen LogP contribution is -1.78. The first-order chi connectivity index (χ1) is 3.91. The zero-order valence-corrected chi connectivity index (χ0v) is 10.3. The fraction of sp³-hybridized carbons (Fsp3) is 1.00. The van der Waals surface area contributed by atoms with Gasteiger partial charge in [-0.2, -0.15) is 0 Å². The molecule has 0 bridgehead atoms. The average molecular weight is 374 g/mol. The van der Waals surface area contributed by atoms with Crippen LogP contribution in [0.5, 0.6) is 0 Å². The van der Waals surface area contributed by atoms with Gasteiger partial charge in [0.15, 0.2) is 0 Å². The Kier molecular flexibility index (Phi) is 11.6. The normalized spacial score (nSPS) is 9.75. The minimum absolute atomic E-state index is 1.32. The molecule has 0 atom stereocenters. The maximum Gasteiger partial charge on any atom is 0.00337 e. The summed E-state index contributed by atoms with van der Waals surface area (Å²) in [5, 5.41) is 0. The van der Waals surface area contributed by atoms with Crippen molar-refractivity contribution in [2.45, 2.75) is 12.8 Å². The van der Waals surface area contributed by atoms with Gasteiger partial charge in [-0.05, 0) is 55.3 Å². The van der Waals surface area contributed by atoms with Crippen LogP contribution in [-0.4, -0.2) is 11.5 Å². The molecule has 0 aromatic heterocycles. The highest BCUT2D eigenvalue weighted by molar-refractivity contribution is 14.2. The van der Waals surface area contributed by atoms with Gasteiger partial charge in [-0.3, -0.25) is 0 Å². The summed E-state index contributed by atoms with van der Waals surface area (Å²) in [5.41, 5.74) is 0. The maximum atomic E-state index is 2.35. The highest BCUT2D eigenvalue weighted by Gasteiger charge is 1.85. The minimum atomic E-state index is 1.32. The summed E-state index contributed by atoms with van der Waals surface area (Å²) in [4.78, 5) is 0. The predicted molar refractivity (Wildman–Crippen MR) is 62.2 cm³/mol. The molecule has 8 heavy (non-hydrogen) atoms. The molecule has 0 aromatic rings. The van der Waals surface area contributed by atoms with Crippen LogP contribution in [0.4, 0.5) is 0 Å². The molecule has 0 rings (SSSR count). The summed E-state index contributed by atoms with van der Waals surface area (Å²) in [6.45, 7) is 0. The molecule has 0 unspecified atom stereocenters. The molecule has 50 valence electrons. The van der Waals surface area contributed by atoms with Gasteiger partial charge in [0.05, 0.1) is 0 Å². The molecule has 0 fully saturated rings. The van der Waals surface area contributed by atoms with Gasteiger partial charge in [-0.25, -0.2) is 0 Å². The largest absolute Gasteiger partial charge is 0.0894 e. The second kappa shape index (κ2) is 9.16. The van der Waals surface area contributed by atoms with Crippen molar-refractivity contribution in [1.29, 1.82) is 0 Å².